The van der Waals surface area contributed by atoms with E-state index in [0.29, 0.717) is 12.3 Å². The lowest BCUT2D eigenvalue weighted by Gasteiger charge is -2.04. The van der Waals surface area contributed by atoms with E-state index in [1.165, 1.54) is 0 Å². The van der Waals surface area contributed by atoms with Gasteiger partial charge in [0.1, 0.15) is 6.92 Å². The van der Waals surface area contributed by atoms with Crippen molar-refractivity contribution in [2.75, 3.05) is 19.7 Å². The summed E-state index contributed by atoms with van der Waals surface area (Å²) < 4.78 is 4.73. The lowest BCUT2D eigenvalue weighted by atomic mass is 10.1. The Morgan fingerprint density at radius 2 is 2.55 bits per heavy atom. The van der Waals surface area contributed by atoms with Gasteiger partial charge in [-0.3, -0.25) is 4.79 Å². The van der Waals surface area contributed by atoms with Crippen LogP contribution in [-0.2, 0) is 9.53 Å². The first-order chi connectivity index (χ1) is 5.33. The van der Waals surface area contributed by atoms with Crippen molar-refractivity contribution in [2.24, 2.45) is 5.92 Å². The minimum absolute atomic E-state index is 0.117. The molecule has 0 amide bonds. The van der Waals surface area contributed by atoms with Gasteiger partial charge in [-0.05, 0) is 25.4 Å². The van der Waals surface area contributed by atoms with Crippen molar-refractivity contribution in [1.29, 1.82) is 0 Å². The number of hydrogen-bond donors (Lipinski definition) is 1. The molecule has 11 heavy (non-hydrogen) atoms. The molecular formula is C8H14NO2+. The average molecular weight is 156 g/mol. The molecule has 0 aliphatic carbocycles. The third-order valence-electron chi connectivity index (χ3n) is 1.88. The van der Waals surface area contributed by atoms with Gasteiger partial charge in [0.2, 0.25) is 6.61 Å². The summed E-state index contributed by atoms with van der Waals surface area (Å²) in [7, 11) is 0. The normalized spacial score (nSPS) is 23.5. The van der Waals surface area contributed by atoms with E-state index in [0.717, 1.165) is 19.5 Å². The van der Waals surface area contributed by atoms with Gasteiger partial charge in [0, 0.05) is 6.42 Å². The van der Waals surface area contributed by atoms with Gasteiger partial charge in [0.25, 0.3) is 0 Å². The smallest absolute Gasteiger partial charge is 0.309 e. The van der Waals surface area contributed by atoms with Crippen LogP contribution >= 0.6 is 0 Å². The predicted octanol–water partition coefficient (Wildman–Crippen LogP) is 0.363. The van der Waals surface area contributed by atoms with Crippen molar-refractivity contribution in [1.82, 2.24) is 5.32 Å². The SMILES string of the molecule is [CH2+]COC(=O)C[C@H]1CCNC1. The number of carbonyl (C=O) groups is 1. The Morgan fingerprint density at radius 3 is 3.09 bits per heavy atom. The van der Waals surface area contributed by atoms with Crippen LogP contribution in [0.1, 0.15) is 12.8 Å². The van der Waals surface area contributed by atoms with Crippen LogP contribution in [0, 0.1) is 12.8 Å². The van der Waals surface area contributed by atoms with E-state index in [4.69, 9.17) is 4.74 Å². The molecule has 3 nitrogen and oxygen atoms in total. The van der Waals surface area contributed by atoms with E-state index in [1.54, 1.807) is 0 Å². The van der Waals surface area contributed by atoms with Crippen molar-refractivity contribution in [3.8, 4) is 0 Å². The van der Waals surface area contributed by atoms with Gasteiger partial charge in [-0.2, -0.15) is 0 Å². The summed E-state index contributed by atoms with van der Waals surface area (Å²) in [5.41, 5.74) is 0. The van der Waals surface area contributed by atoms with Crippen LogP contribution in [0.5, 0.6) is 0 Å². The molecule has 1 heterocycles. The van der Waals surface area contributed by atoms with Crippen LogP contribution in [0.3, 0.4) is 0 Å². The summed E-state index contributed by atoms with van der Waals surface area (Å²) in [6.45, 7) is 5.67. The van der Waals surface area contributed by atoms with Crippen LogP contribution in [0.15, 0.2) is 0 Å². The van der Waals surface area contributed by atoms with E-state index in [2.05, 4.69) is 12.2 Å². The summed E-state index contributed by atoms with van der Waals surface area (Å²) in [5.74, 6) is 0.364. The van der Waals surface area contributed by atoms with E-state index in [9.17, 15) is 4.79 Å². The number of hydrogen-bond acceptors (Lipinski definition) is 3. The molecule has 0 aromatic rings. The zero-order valence-electron chi connectivity index (χ0n) is 6.64. The van der Waals surface area contributed by atoms with Crippen molar-refractivity contribution < 1.29 is 9.53 Å². The van der Waals surface area contributed by atoms with Gasteiger partial charge in [0.05, 0.1) is 0 Å². The maximum atomic E-state index is 10.9. The number of carbonyl (C=O) groups excluding carboxylic acids is 1. The third-order valence-corrected chi connectivity index (χ3v) is 1.88. The fourth-order valence-electron chi connectivity index (χ4n) is 1.30. The topological polar surface area (TPSA) is 38.3 Å². The molecule has 1 aliphatic heterocycles. The van der Waals surface area contributed by atoms with Crippen molar-refractivity contribution in [3.05, 3.63) is 6.92 Å². The van der Waals surface area contributed by atoms with Crippen LogP contribution in [0.2, 0.25) is 0 Å². The molecule has 0 bridgehead atoms. The fraction of sp³-hybridized carbons (Fsp3) is 0.750. The van der Waals surface area contributed by atoms with E-state index < -0.39 is 0 Å². The fourth-order valence-corrected chi connectivity index (χ4v) is 1.30. The second kappa shape index (κ2) is 4.23. The summed E-state index contributed by atoms with van der Waals surface area (Å²) in [5, 5.41) is 3.20. The summed E-state index contributed by atoms with van der Waals surface area (Å²) >= 11 is 0. The van der Waals surface area contributed by atoms with Gasteiger partial charge < -0.3 is 10.1 Å². The zero-order chi connectivity index (χ0) is 8.10. The molecule has 0 saturated carbocycles. The first-order valence-electron chi connectivity index (χ1n) is 3.98. The van der Waals surface area contributed by atoms with Gasteiger partial charge in [-0.25, -0.2) is 0 Å². The summed E-state index contributed by atoms with van der Waals surface area (Å²) in [4.78, 5) is 10.9. The largest absolute Gasteiger partial charge is 0.423 e. The highest BCUT2D eigenvalue weighted by atomic mass is 16.5. The summed E-state index contributed by atoms with van der Waals surface area (Å²) in [6.07, 6.45) is 1.63. The van der Waals surface area contributed by atoms with Crippen LogP contribution < -0.4 is 5.32 Å². The summed E-state index contributed by atoms with van der Waals surface area (Å²) in [6, 6.07) is 0. The quantitative estimate of drug-likeness (QED) is 0.473. The highest BCUT2D eigenvalue weighted by Gasteiger charge is 2.18. The molecule has 0 spiro atoms. The standard InChI is InChI=1S/C8H14NO2/c1-2-11-8(10)5-7-3-4-9-6-7/h7,9H,1-6H2/q+1/t7-/m1/s1. The first-order valence-corrected chi connectivity index (χ1v) is 3.98. The van der Waals surface area contributed by atoms with Crippen molar-refractivity contribution in [2.45, 2.75) is 12.8 Å². The van der Waals surface area contributed by atoms with Crippen LogP contribution in [0.25, 0.3) is 0 Å². The molecular weight excluding hydrogens is 142 g/mol. The zero-order valence-corrected chi connectivity index (χ0v) is 6.64. The number of esters is 1. The predicted molar refractivity (Wildman–Crippen MR) is 41.9 cm³/mol. The molecule has 1 saturated heterocycles. The Morgan fingerprint density at radius 1 is 1.73 bits per heavy atom. The maximum absolute atomic E-state index is 10.9. The van der Waals surface area contributed by atoms with Gasteiger partial charge in [0.15, 0.2) is 0 Å². The van der Waals surface area contributed by atoms with E-state index in [-0.39, 0.29) is 12.6 Å². The molecule has 1 N–H and O–H groups in total. The Bertz CT molecular complexity index is 130. The average Bonchev–Trinajstić information content (AvgIpc) is 2.40. The first kappa shape index (κ1) is 8.40. The van der Waals surface area contributed by atoms with Gasteiger partial charge in [-0.15, -0.1) is 0 Å². The number of ether oxygens (including phenoxy) is 1. The molecule has 0 aromatic carbocycles. The Hall–Kier alpha value is -0.700. The second-order valence-corrected chi connectivity index (χ2v) is 2.78. The van der Waals surface area contributed by atoms with Gasteiger partial charge in [-0.1, -0.05) is 0 Å². The minimum atomic E-state index is -0.117. The van der Waals surface area contributed by atoms with E-state index in [1.807, 2.05) is 0 Å². The Kier molecular flexibility index (Phi) is 3.23. The maximum Gasteiger partial charge on any atom is 0.309 e. The minimum Gasteiger partial charge on any atom is -0.423 e. The van der Waals surface area contributed by atoms with Crippen molar-refractivity contribution in [3.63, 3.8) is 0 Å². The molecule has 1 fully saturated rings. The second-order valence-electron chi connectivity index (χ2n) is 2.78. The van der Waals surface area contributed by atoms with E-state index >= 15 is 0 Å². The molecule has 1 atom stereocenters. The third kappa shape index (κ3) is 2.80. The number of rotatable bonds is 3. The lowest BCUT2D eigenvalue weighted by Crippen LogP contribution is -2.14. The van der Waals surface area contributed by atoms with Crippen LogP contribution in [-0.4, -0.2) is 25.7 Å². The lowest BCUT2D eigenvalue weighted by molar-refractivity contribution is -0.143. The van der Waals surface area contributed by atoms with Gasteiger partial charge >= 0.3 is 5.97 Å². The van der Waals surface area contributed by atoms with Crippen molar-refractivity contribution >= 4 is 5.97 Å². The van der Waals surface area contributed by atoms with Crippen LogP contribution in [0.4, 0.5) is 0 Å². The monoisotopic (exact) mass is 156 g/mol. The molecule has 1 aliphatic rings. The number of nitrogens with one attached hydrogen (secondary N) is 1. The molecule has 0 unspecified atom stereocenters. The molecule has 0 radical (unpaired) electrons. The highest BCUT2D eigenvalue weighted by Crippen LogP contribution is 2.12. The molecule has 1 rings (SSSR count). The molecule has 0 aromatic heterocycles. The Balaban J connectivity index is 2.13. The highest BCUT2D eigenvalue weighted by molar-refractivity contribution is 5.69. The molecule has 3 heteroatoms. The Labute approximate surface area is 67.1 Å². The molecule has 62 valence electrons.